The van der Waals surface area contributed by atoms with Crippen LogP contribution in [-0.4, -0.2) is 52.7 Å². The number of ketones is 4. The second kappa shape index (κ2) is 10.4. The number of ether oxygens (including phenoxy) is 1. The summed E-state index contributed by atoms with van der Waals surface area (Å²) in [5, 5.41) is 10.9. The molecule has 41 heavy (non-hydrogen) atoms. The molecule has 0 amide bonds. The molecule has 9 atom stereocenters. The first-order chi connectivity index (χ1) is 18.9. The van der Waals surface area contributed by atoms with Crippen LogP contribution in [0.3, 0.4) is 0 Å². The largest absolute Gasteiger partial charge is 0.454 e. The van der Waals surface area contributed by atoms with Gasteiger partial charge in [0.1, 0.15) is 17.9 Å². The first-order valence-corrected chi connectivity index (χ1v) is 15.0. The number of aldehydes is 1. The highest BCUT2D eigenvalue weighted by Crippen LogP contribution is 2.70. The molecule has 0 aromatic heterocycles. The summed E-state index contributed by atoms with van der Waals surface area (Å²) < 4.78 is 5.84. The maximum Gasteiger partial charge on any atom is 0.303 e. The van der Waals surface area contributed by atoms with Crippen molar-refractivity contribution in [3.05, 3.63) is 11.1 Å². The van der Waals surface area contributed by atoms with Gasteiger partial charge in [-0.15, -0.1) is 0 Å². The molecule has 9 unspecified atom stereocenters. The standard InChI is InChI=1S/C33H46O8/c1-17(10-12-34)13-20(36)14-18(2)21-15-25(39)33(8)26-22(37)16-23-30(4,5)24(38)9-11-31(23,6)27(26)28(40)29(32(21,33)7)41-19(3)35/h12,17-18,21,23-24,29,38H,9-11,13-16H2,1-8H3. The van der Waals surface area contributed by atoms with Gasteiger partial charge in [0.15, 0.2) is 11.9 Å². The fourth-order valence-corrected chi connectivity index (χ4v) is 9.38. The lowest BCUT2D eigenvalue weighted by Crippen LogP contribution is -2.65. The molecular formula is C33H46O8. The molecule has 0 aromatic rings. The quantitative estimate of drug-likeness (QED) is 0.336. The third kappa shape index (κ3) is 4.42. The van der Waals surface area contributed by atoms with Crippen LogP contribution in [0.25, 0.3) is 0 Å². The summed E-state index contributed by atoms with van der Waals surface area (Å²) in [6.45, 7) is 14.3. The van der Waals surface area contributed by atoms with E-state index in [1.807, 2.05) is 34.6 Å². The van der Waals surface area contributed by atoms with E-state index >= 15 is 0 Å². The van der Waals surface area contributed by atoms with Gasteiger partial charge in [-0.05, 0) is 48.9 Å². The number of hydrogen-bond donors (Lipinski definition) is 1. The van der Waals surface area contributed by atoms with Gasteiger partial charge in [0.25, 0.3) is 0 Å². The van der Waals surface area contributed by atoms with Crippen LogP contribution < -0.4 is 0 Å². The summed E-state index contributed by atoms with van der Waals surface area (Å²) >= 11 is 0. The number of carbonyl (C=O) groups excluding carboxylic acids is 6. The lowest BCUT2D eigenvalue weighted by Gasteiger charge is -2.61. The molecule has 0 bridgehead atoms. The van der Waals surface area contributed by atoms with Crippen molar-refractivity contribution in [3.63, 3.8) is 0 Å². The van der Waals surface area contributed by atoms with Crippen molar-refractivity contribution >= 4 is 35.4 Å². The van der Waals surface area contributed by atoms with E-state index in [1.165, 1.54) is 6.92 Å². The van der Waals surface area contributed by atoms with E-state index in [4.69, 9.17) is 4.74 Å². The molecule has 0 saturated heterocycles. The smallest absolute Gasteiger partial charge is 0.303 e. The van der Waals surface area contributed by atoms with Crippen molar-refractivity contribution < 1.29 is 38.6 Å². The molecule has 226 valence electrons. The van der Waals surface area contributed by atoms with Gasteiger partial charge < -0.3 is 14.6 Å². The normalized spacial score (nSPS) is 39.4. The minimum Gasteiger partial charge on any atom is -0.454 e. The Bertz CT molecular complexity index is 1230. The number of esters is 1. The third-order valence-corrected chi connectivity index (χ3v) is 11.9. The Morgan fingerprint density at radius 1 is 1.02 bits per heavy atom. The molecule has 4 aliphatic rings. The van der Waals surface area contributed by atoms with Crippen LogP contribution in [0.1, 0.15) is 100 Å². The molecule has 4 aliphatic carbocycles. The van der Waals surface area contributed by atoms with Gasteiger partial charge in [-0.1, -0.05) is 41.5 Å². The SMILES string of the molecule is CC(=O)OC1C(=O)C2=C(C(=O)CC3C2(C)CCC(O)C3(C)C)C2(C)C(=O)CC(C(C)CC(=O)CC(C)CC=O)C12C. The topological polar surface area (TPSA) is 132 Å². The van der Waals surface area contributed by atoms with Crippen molar-refractivity contribution in [3.8, 4) is 0 Å². The van der Waals surface area contributed by atoms with Gasteiger partial charge in [0, 0.05) is 61.0 Å². The molecule has 1 N–H and O–H groups in total. The number of fused-ring (bicyclic) bond motifs is 4. The number of carbonyl (C=O) groups is 6. The van der Waals surface area contributed by atoms with Crippen molar-refractivity contribution in [1.29, 1.82) is 0 Å². The molecular weight excluding hydrogens is 524 g/mol. The van der Waals surface area contributed by atoms with Crippen molar-refractivity contribution in [2.24, 2.45) is 45.3 Å². The summed E-state index contributed by atoms with van der Waals surface area (Å²) in [6.07, 6.45) is 0.652. The van der Waals surface area contributed by atoms with E-state index in [1.54, 1.807) is 13.8 Å². The molecule has 2 fully saturated rings. The van der Waals surface area contributed by atoms with E-state index in [0.29, 0.717) is 18.4 Å². The lowest BCUT2D eigenvalue weighted by molar-refractivity contribution is -0.176. The molecule has 0 spiro atoms. The van der Waals surface area contributed by atoms with Crippen molar-refractivity contribution in [2.45, 2.75) is 113 Å². The number of aliphatic hydroxyl groups excluding tert-OH is 1. The van der Waals surface area contributed by atoms with Gasteiger partial charge in [-0.25, -0.2) is 0 Å². The molecule has 8 heteroatoms. The van der Waals surface area contributed by atoms with Crippen LogP contribution >= 0.6 is 0 Å². The Kier molecular flexibility index (Phi) is 7.94. The molecule has 2 saturated carbocycles. The van der Waals surface area contributed by atoms with E-state index in [9.17, 15) is 33.9 Å². The molecule has 0 aliphatic heterocycles. The maximum absolute atomic E-state index is 14.6. The van der Waals surface area contributed by atoms with Crippen molar-refractivity contribution in [2.75, 3.05) is 0 Å². The van der Waals surface area contributed by atoms with E-state index in [2.05, 4.69) is 0 Å². The van der Waals surface area contributed by atoms with Gasteiger partial charge in [0.2, 0.25) is 5.78 Å². The average Bonchev–Trinajstić information content (AvgIpc) is 3.07. The number of allylic oxidation sites excluding steroid dienone is 1. The summed E-state index contributed by atoms with van der Waals surface area (Å²) in [5.41, 5.74) is -3.48. The molecule has 4 rings (SSSR count). The highest BCUT2D eigenvalue weighted by atomic mass is 16.5. The number of Topliss-reactive ketones (excluding diaryl/α,β-unsaturated/α-hetero) is 4. The molecule has 8 nitrogen and oxygen atoms in total. The predicted octanol–water partition coefficient (Wildman–Crippen LogP) is 4.39. The predicted molar refractivity (Wildman–Crippen MR) is 150 cm³/mol. The Labute approximate surface area is 243 Å². The first kappa shape index (κ1) is 31.5. The van der Waals surface area contributed by atoms with Crippen LogP contribution in [0, 0.1) is 45.3 Å². The van der Waals surface area contributed by atoms with Gasteiger partial charge in [-0.2, -0.15) is 0 Å². The second-order valence-electron chi connectivity index (χ2n) is 14.7. The highest BCUT2D eigenvalue weighted by Gasteiger charge is 2.74. The van der Waals surface area contributed by atoms with Crippen LogP contribution in [0.5, 0.6) is 0 Å². The first-order valence-electron chi connectivity index (χ1n) is 15.0. The molecule has 0 radical (unpaired) electrons. The van der Waals surface area contributed by atoms with E-state index in [-0.39, 0.29) is 72.8 Å². The van der Waals surface area contributed by atoms with Gasteiger partial charge in [0.05, 0.1) is 11.5 Å². The Hall–Kier alpha value is -2.48. The summed E-state index contributed by atoms with van der Waals surface area (Å²) in [7, 11) is 0. The Balaban J connectivity index is 1.87. The third-order valence-electron chi connectivity index (χ3n) is 11.9. The fourth-order valence-electron chi connectivity index (χ4n) is 9.38. The lowest BCUT2D eigenvalue weighted by atomic mass is 9.42. The summed E-state index contributed by atoms with van der Waals surface area (Å²) in [5.74, 6) is -2.79. The van der Waals surface area contributed by atoms with Gasteiger partial charge in [-0.3, -0.25) is 24.0 Å². The maximum atomic E-state index is 14.6. The fraction of sp³-hybridized carbons (Fsp3) is 0.758. The highest BCUT2D eigenvalue weighted by molar-refractivity contribution is 6.18. The summed E-state index contributed by atoms with van der Waals surface area (Å²) in [6, 6.07) is 0. The molecule has 0 aromatic carbocycles. The zero-order chi connectivity index (χ0) is 30.9. The van der Waals surface area contributed by atoms with Crippen LogP contribution in [0.15, 0.2) is 11.1 Å². The average molecular weight is 571 g/mol. The van der Waals surface area contributed by atoms with Crippen LogP contribution in [0.4, 0.5) is 0 Å². The number of aliphatic hydroxyl groups is 1. The zero-order valence-electron chi connectivity index (χ0n) is 25.8. The zero-order valence-corrected chi connectivity index (χ0v) is 25.8. The monoisotopic (exact) mass is 570 g/mol. The minimum absolute atomic E-state index is 0.0327. The van der Waals surface area contributed by atoms with Crippen LogP contribution in [-0.2, 0) is 33.5 Å². The van der Waals surface area contributed by atoms with E-state index in [0.717, 1.165) is 6.29 Å². The Morgan fingerprint density at radius 3 is 2.24 bits per heavy atom. The number of hydrogen-bond acceptors (Lipinski definition) is 8. The summed E-state index contributed by atoms with van der Waals surface area (Å²) in [4.78, 5) is 79.3. The molecule has 0 heterocycles. The number of rotatable bonds is 8. The Morgan fingerprint density at radius 2 is 1.66 bits per heavy atom. The van der Waals surface area contributed by atoms with Gasteiger partial charge >= 0.3 is 5.97 Å². The van der Waals surface area contributed by atoms with Crippen LogP contribution in [0.2, 0.25) is 0 Å². The van der Waals surface area contributed by atoms with E-state index < -0.39 is 51.5 Å². The minimum atomic E-state index is -1.38. The second-order valence-corrected chi connectivity index (χ2v) is 14.7. The van der Waals surface area contributed by atoms with Crippen molar-refractivity contribution in [1.82, 2.24) is 0 Å².